The monoisotopic (exact) mass is 348 g/mol. The fourth-order valence-corrected chi connectivity index (χ4v) is 2.51. The minimum Gasteiger partial charge on any atom is -0.288 e. The molecule has 0 aliphatic heterocycles. The number of amides is 1. The molecule has 0 atom stereocenters. The van der Waals surface area contributed by atoms with E-state index in [0.717, 1.165) is 0 Å². The molecule has 1 aromatic carbocycles. The molecule has 0 aliphatic rings. The van der Waals surface area contributed by atoms with E-state index in [4.69, 9.17) is 11.6 Å². The number of anilines is 1. The minimum atomic E-state index is -0.466. The van der Waals surface area contributed by atoms with Crippen LogP contribution in [0, 0.1) is 12.7 Å². The molecule has 0 saturated heterocycles. The average molecular weight is 349 g/mol. The molecule has 3 aromatic rings. The van der Waals surface area contributed by atoms with Crippen LogP contribution in [0.5, 0.6) is 0 Å². The molecule has 0 fully saturated rings. The summed E-state index contributed by atoms with van der Waals surface area (Å²) in [4.78, 5) is 16.3. The van der Waals surface area contributed by atoms with Crippen molar-refractivity contribution in [3.63, 3.8) is 0 Å². The van der Waals surface area contributed by atoms with Crippen LogP contribution >= 0.6 is 11.6 Å². The van der Waals surface area contributed by atoms with E-state index in [1.807, 2.05) is 0 Å². The van der Waals surface area contributed by atoms with Crippen molar-refractivity contribution in [2.45, 2.75) is 13.5 Å². The maximum Gasteiger partial charge on any atom is 0.277 e. The Bertz CT molecular complexity index is 903. The standard InChI is InChI=1S/C15H14ClFN6O/c1-9-12(16)13(22(2)20-9)14(24)19-15-18-8-23(21-15)7-10-5-3-4-6-11(10)17/h3-6,8H,7H2,1-2H3,(H,19,21,24). The van der Waals surface area contributed by atoms with Crippen molar-refractivity contribution in [3.05, 3.63) is 58.4 Å². The van der Waals surface area contributed by atoms with Crippen LogP contribution < -0.4 is 5.32 Å². The highest BCUT2D eigenvalue weighted by molar-refractivity contribution is 6.34. The highest BCUT2D eigenvalue weighted by atomic mass is 35.5. The van der Waals surface area contributed by atoms with Gasteiger partial charge in [0, 0.05) is 12.6 Å². The number of benzene rings is 1. The highest BCUT2D eigenvalue weighted by Gasteiger charge is 2.20. The van der Waals surface area contributed by atoms with E-state index in [1.165, 1.54) is 21.8 Å². The second kappa shape index (κ2) is 6.40. The van der Waals surface area contributed by atoms with Crippen LogP contribution in [-0.4, -0.2) is 30.5 Å². The summed E-state index contributed by atoms with van der Waals surface area (Å²) in [5, 5.41) is 11.0. The van der Waals surface area contributed by atoms with Crippen LogP contribution in [0.2, 0.25) is 5.02 Å². The third-order valence-corrected chi connectivity index (χ3v) is 3.87. The van der Waals surface area contributed by atoms with E-state index >= 15 is 0 Å². The van der Waals surface area contributed by atoms with Gasteiger partial charge in [-0.25, -0.2) is 14.1 Å². The van der Waals surface area contributed by atoms with Crippen LogP contribution in [0.15, 0.2) is 30.6 Å². The molecule has 7 nitrogen and oxygen atoms in total. The van der Waals surface area contributed by atoms with Gasteiger partial charge in [-0.05, 0) is 13.0 Å². The van der Waals surface area contributed by atoms with Crippen molar-refractivity contribution >= 4 is 23.5 Å². The first kappa shape index (κ1) is 16.1. The summed E-state index contributed by atoms with van der Waals surface area (Å²) in [6.45, 7) is 1.92. The van der Waals surface area contributed by atoms with Crippen LogP contribution in [-0.2, 0) is 13.6 Å². The second-order valence-corrected chi connectivity index (χ2v) is 5.56. The average Bonchev–Trinajstić information content (AvgIpc) is 3.06. The topological polar surface area (TPSA) is 77.6 Å². The molecule has 9 heteroatoms. The zero-order valence-corrected chi connectivity index (χ0v) is 13.8. The molecule has 2 aromatic heterocycles. The van der Waals surface area contributed by atoms with E-state index < -0.39 is 5.91 Å². The summed E-state index contributed by atoms with van der Waals surface area (Å²) in [6, 6.07) is 6.39. The number of halogens is 2. The number of carbonyl (C=O) groups is 1. The van der Waals surface area contributed by atoms with Gasteiger partial charge in [-0.15, -0.1) is 5.10 Å². The fraction of sp³-hybridized carbons (Fsp3) is 0.200. The summed E-state index contributed by atoms with van der Waals surface area (Å²) in [5.41, 5.74) is 1.26. The van der Waals surface area contributed by atoms with E-state index in [-0.39, 0.29) is 29.0 Å². The maximum atomic E-state index is 13.6. The molecule has 0 saturated carbocycles. The normalized spacial score (nSPS) is 10.8. The quantitative estimate of drug-likeness (QED) is 0.785. The van der Waals surface area contributed by atoms with Crippen molar-refractivity contribution in [2.24, 2.45) is 7.05 Å². The van der Waals surface area contributed by atoms with Crippen LogP contribution in [0.25, 0.3) is 0 Å². The van der Waals surface area contributed by atoms with Crippen molar-refractivity contribution < 1.29 is 9.18 Å². The molecule has 0 unspecified atom stereocenters. The van der Waals surface area contributed by atoms with Crippen molar-refractivity contribution in [1.29, 1.82) is 0 Å². The summed E-state index contributed by atoms with van der Waals surface area (Å²) < 4.78 is 16.5. The van der Waals surface area contributed by atoms with E-state index in [0.29, 0.717) is 11.3 Å². The molecule has 0 bridgehead atoms. The lowest BCUT2D eigenvalue weighted by Crippen LogP contribution is -2.17. The van der Waals surface area contributed by atoms with E-state index in [1.54, 1.807) is 32.2 Å². The highest BCUT2D eigenvalue weighted by Crippen LogP contribution is 2.20. The van der Waals surface area contributed by atoms with Gasteiger partial charge in [0.15, 0.2) is 0 Å². The Labute approximate surface area is 142 Å². The van der Waals surface area contributed by atoms with Crippen LogP contribution in [0.1, 0.15) is 21.7 Å². The summed E-state index contributed by atoms with van der Waals surface area (Å²) in [5.74, 6) is -0.686. The van der Waals surface area contributed by atoms with Gasteiger partial charge in [0.2, 0.25) is 5.95 Å². The first-order chi connectivity index (χ1) is 11.5. The smallest absolute Gasteiger partial charge is 0.277 e. The summed E-state index contributed by atoms with van der Waals surface area (Å²) >= 11 is 6.07. The maximum absolute atomic E-state index is 13.6. The molecule has 24 heavy (non-hydrogen) atoms. The van der Waals surface area contributed by atoms with Gasteiger partial charge in [-0.1, -0.05) is 29.8 Å². The van der Waals surface area contributed by atoms with Crippen molar-refractivity contribution in [3.8, 4) is 0 Å². The predicted molar refractivity (Wildman–Crippen MR) is 86.4 cm³/mol. The molecule has 3 rings (SSSR count). The molecule has 2 heterocycles. The summed E-state index contributed by atoms with van der Waals surface area (Å²) in [6.07, 6.45) is 1.41. The number of carbonyl (C=O) groups excluding carboxylic acids is 1. The molecular weight excluding hydrogens is 335 g/mol. The zero-order valence-electron chi connectivity index (χ0n) is 13.0. The van der Waals surface area contributed by atoms with Gasteiger partial charge >= 0.3 is 0 Å². The van der Waals surface area contributed by atoms with Crippen molar-refractivity contribution in [1.82, 2.24) is 24.5 Å². The Morgan fingerprint density at radius 1 is 1.33 bits per heavy atom. The number of hydrogen-bond donors (Lipinski definition) is 1. The van der Waals surface area contributed by atoms with Gasteiger partial charge in [0.05, 0.1) is 17.3 Å². The number of nitrogens with one attached hydrogen (secondary N) is 1. The third-order valence-electron chi connectivity index (χ3n) is 3.42. The molecule has 124 valence electrons. The van der Waals surface area contributed by atoms with Gasteiger partial charge in [0.1, 0.15) is 17.8 Å². The Kier molecular flexibility index (Phi) is 4.30. The zero-order chi connectivity index (χ0) is 17.3. The number of aryl methyl sites for hydroxylation is 2. The first-order valence-electron chi connectivity index (χ1n) is 7.09. The Morgan fingerprint density at radius 2 is 2.08 bits per heavy atom. The number of rotatable bonds is 4. The Hall–Kier alpha value is -2.74. The van der Waals surface area contributed by atoms with Gasteiger partial charge in [-0.2, -0.15) is 5.10 Å². The van der Waals surface area contributed by atoms with Crippen molar-refractivity contribution in [2.75, 3.05) is 5.32 Å². The molecular formula is C15H14ClFN6O. The minimum absolute atomic E-state index is 0.103. The lowest BCUT2D eigenvalue weighted by Gasteiger charge is -2.03. The molecule has 1 N–H and O–H groups in total. The molecule has 1 amide bonds. The third kappa shape index (κ3) is 3.13. The molecule has 0 spiro atoms. The van der Waals surface area contributed by atoms with E-state index in [2.05, 4.69) is 20.5 Å². The number of hydrogen-bond acceptors (Lipinski definition) is 4. The lowest BCUT2D eigenvalue weighted by atomic mass is 10.2. The Morgan fingerprint density at radius 3 is 2.75 bits per heavy atom. The largest absolute Gasteiger partial charge is 0.288 e. The van der Waals surface area contributed by atoms with Gasteiger partial charge in [-0.3, -0.25) is 14.8 Å². The van der Waals surface area contributed by atoms with Gasteiger partial charge in [0.25, 0.3) is 5.91 Å². The Balaban J connectivity index is 1.74. The first-order valence-corrected chi connectivity index (χ1v) is 7.47. The SMILES string of the molecule is Cc1nn(C)c(C(=O)Nc2ncn(Cc3ccccc3F)n2)c1Cl. The van der Waals surface area contributed by atoms with Crippen LogP contribution in [0.3, 0.4) is 0 Å². The number of nitrogens with zero attached hydrogens (tertiary/aromatic N) is 5. The van der Waals surface area contributed by atoms with Crippen LogP contribution in [0.4, 0.5) is 10.3 Å². The summed E-state index contributed by atoms with van der Waals surface area (Å²) in [7, 11) is 1.62. The second-order valence-electron chi connectivity index (χ2n) is 5.18. The van der Waals surface area contributed by atoms with E-state index in [9.17, 15) is 9.18 Å². The fourth-order valence-electron chi connectivity index (χ4n) is 2.27. The van der Waals surface area contributed by atoms with Gasteiger partial charge < -0.3 is 0 Å². The lowest BCUT2D eigenvalue weighted by molar-refractivity contribution is 0.101. The molecule has 0 radical (unpaired) electrons. The molecule has 0 aliphatic carbocycles. The number of aromatic nitrogens is 5. The predicted octanol–water partition coefficient (Wildman–Crippen LogP) is 2.41.